The molecule has 3 aliphatic rings. The second-order valence-electron chi connectivity index (χ2n) is 16.6. The zero-order chi connectivity index (χ0) is 54.0. The summed E-state index contributed by atoms with van der Waals surface area (Å²) in [7, 11) is 1.67. The third-order valence-electron chi connectivity index (χ3n) is 10.7. The number of hydrogen-bond acceptors (Lipinski definition) is 20. The van der Waals surface area contributed by atoms with Gasteiger partial charge in [-0.05, 0) is 39.5 Å². The van der Waals surface area contributed by atoms with Crippen molar-refractivity contribution in [2.24, 2.45) is 16.5 Å². The van der Waals surface area contributed by atoms with Crippen LogP contribution in [0.2, 0.25) is 0 Å². The van der Waals surface area contributed by atoms with Crippen molar-refractivity contribution in [1.82, 2.24) is 36.8 Å². The number of hydrogen-bond donors (Lipinski definition) is 10. The number of carbonyl (C=O) groups is 12. The zero-order valence-corrected chi connectivity index (χ0v) is 41.8. The van der Waals surface area contributed by atoms with Gasteiger partial charge in [-0.2, -0.15) is 0 Å². The van der Waals surface area contributed by atoms with E-state index in [2.05, 4.69) is 36.9 Å². The quantitative estimate of drug-likeness (QED) is 0.0196. The maximum absolute atomic E-state index is 14.9. The Balaban J connectivity index is 2.14. The van der Waals surface area contributed by atoms with Crippen LogP contribution in [0.25, 0.3) is 0 Å². The van der Waals surface area contributed by atoms with Gasteiger partial charge in [0, 0.05) is 52.3 Å². The number of aliphatic imine (C=N–C) groups is 1. The van der Waals surface area contributed by atoms with Gasteiger partial charge in [0.1, 0.15) is 36.3 Å². The number of esters is 3. The van der Waals surface area contributed by atoms with Gasteiger partial charge in [0.05, 0.1) is 25.2 Å². The van der Waals surface area contributed by atoms with E-state index in [4.69, 9.17) is 35.2 Å². The van der Waals surface area contributed by atoms with Gasteiger partial charge >= 0.3 is 29.8 Å². The lowest BCUT2D eigenvalue weighted by Gasteiger charge is -2.44. The number of carboxylic acid groups (broad SMARTS) is 2. The summed E-state index contributed by atoms with van der Waals surface area (Å²) in [6, 6.07) is -9.50. The largest absolute Gasteiger partial charge is 0.481 e. The van der Waals surface area contributed by atoms with Crippen LogP contribution in [0.3, 0.4) is 0 Å². The molecule has 0 bridgehead atoms. The maximum Gasteiger partial charge on any atom is 0.327 e. The number of nitrogens with zero attached hydrogens (tertiary/aromatic N) is 2. The Labute approximate surface area is 420 Å². The minimum Gasteiger partial charge on any atom is -0.481 e. The molecule has 0 aliphatic carbocycles. The van der Waals surface area contributed by atoms with Crippen molar-refractivity contribution >= 4 is 98.7 Å². The zero-order valence-electron chi connectivity index (χ0n) is 40.2. The SMILES string of the molecule is CC(=O)NC1CSSC[C@@H](C(=O)O)NC(=O)C(CC(=O)O)NC(=O)CNC(=O)[C@H](CCCN=C(N)N)NC(=O)[C@@H]2CCCN2C(=O)[C@H]([C@@H](C)O[C@@H]2O[C@@H](C)[C@H](OC(C)=O)[C@@H](OC(C)=O)[C@H]2OC(C)=O)NC1=O. The van der Waals surface area contributed by atoms with Gasteiger partial charge in [0.25, 0.3) is 0 Å². The molecule has 7 amide bonds. The summed E-state index contributed by atoms with van der Waals surface area (Å²) in [6.45, 7) is 6.03. The number of rotatable bonds is 14. The van der Waals surface area contributed by atoms with Crippen molar-refractivity contribution in [3.05, 3.63) is 0 Å². The third kappa shape index (κ3) is 18.9. The fourth-order valence-corrected chi connectivity index (χ4v) is 9.87. The van der Waals surface area contributed by atoms with Crippen LogP contribution in [0.15, 0.2) is 4.99 Å². The fraction of sp³-hybridized carbons (Fsp3) is 0.683. The molecule has 2 unspecified atom stereocenters. The van der Waals surface area contributed by atoms with E-state index in [0.29, 0.717) is 0 Å². The Bertz CT molecular complexity index is 2080. The predicted molar refractivity (Wildman–Crippen MR) is 249 cm³/mol. The standard InChI is InChI=1S/C41H62N10O19S2/c1-17(66-40-33(70-22(6)55)32(69-21(5)54)31(18(2)67-40)68-20(4)53)30-38(63)51-12-8-10-27(51)37(62)48-23(9-7-11-44-41(42)43)34(59)45-14-28(56)47-24(13-29(57)58)35(60)49-26(39(64)65)16-72-71-15-25(36(61)50-30)46-19(3)52/h17-18,23-27,30-33,40H,7-16H2,1-6H3,(H,45,59)(H,46,52)(H,47,56)(H,48,62)(H,49,60)(H,50,61)(H,57,58)(H,64,65)(H4,42,43,44)/t17-,18+,23+,24?,25?,26+,27+,30+,31+,32-,33-,40-/m1/s1. The Hall–Kier alpha value is -6.47. The minimum atomic E-state index is -1.82. The Morgan fingerprint density at radius 3 is 2.04 bits per heavy atom. The van der Waals surface area contributed by atoms with Gasteiger partial charge in [-0.3, -0.25) is 57.7 Å². The van der Waals surface area contributed by atoms with Gasteiger partial charge in [-0.1, -0.05) is 21.6 Å². The topological polar surface area (TPSA) is 431 Å². The molecule has 3 heterocycles. The smallest absolute Gasteiger partial charge is 0.327 e. The highest BCUT2D eigenvalue weighted by Gasteiger charge is 2.52. The number of carboxylic acids is 2. The molecule has 3 saturated heterocycles. The molecule has 12 N–H and O–H groups in total. The average Bonchev–Trinajstić information content (AvgIpc) is 3.77. The number of carbonyl (C=O) groups excluding carboxylic acids is 10. The molecule has 72 heavy (non-hydrogen) atoms. The minimum absolute atomic E-state index is 0.0105. The highest BCUT2D eigenvalue weighted by molar-refractivity contribution is 8.76. The molecule has 0 aromatic rings. The molecular weight excluding hydrogens is 1000 g/mol. The third-order valence-corrected chi connectivity index (χ3v) is 13.2. The van der Waals surface area contributed by atoms with Crippen LogP contribution < -0.4 is 43.4 Å². The van der Waals surface area contributed by atoms with Crippen LogP contribution in [-0.2, 0) is 81.2 Å². The number of nitrogens with two attached hydrogens (primary N) is 2. The van der Waals surface area contributed by atoms with Crippen molar-refractivity contribution in [3.8, 4) is 0 Å². The van der Waals surface area contributed by atoms with Crippen molar-refractivity contribution in [2.75, 3.05) is 31.1 Å². The molecular formula is C41H62N10O19S2. The first kappa shape index (κ1) is 59.8. The van der Waals surface area contributed by atoms with Crippen LogP contribution in [0, 0.1) is 0 Å². The van der Waals surface area contributed by atoms with Crippen LogP contribution in [0.4, 0.5) is 0 Å². The second kappa shape index (κ2) is 28.5. The molecule has 0 aromatic carbocycles. The first-order chi connectivity index (χ1) is 33.8. The van der Waals surface area contributed by atoms with Gasteiger partial charge < -0.3 is 82.2 Å². The molecule has 0 spiro atoms. The van der Waals surface area contributed by atoms with E-state index in [0.717, 1.165) is 54.2 Å². The molecule has 3 rings (SSSR count). The van der Waals surface area contributed by atoms with Gasteiger partial charge in [0.2, 0.25) is 41.4 Å². The molecule has 0 aromatic heterocycles. The van der Waals surface area contributed by atoms with E-state index >= 15 is 0 Å². The first-order valence-electron chi connectivity index (χ1n) is 22.4. The van der Waals surface area contributed by atoms with Crippen molar-refractivity contribution < 1.29 is 91.4 Å². The van der Waals surface area contributed by atoms with Gasteiger partial charge in [-0.15, -0.1) is 0 Å². The molecule has 3 fully saturated rings. The number of amides is 7. The van der Waals surface area contributed by atoms with Gasteiger partial charge in [-0.25, -0.2) is 4.79 Å². The Kier molecular flexibility index (Phi) is 23.7. The molecule has 29 nitrogen and oxygen atoms in total. The highest BCUT2D eigenvalue weighted by atomic mass is 33.1. The second-order valence-corrected chi connectivity index (χ2v) is 19.2. The summed E-state index contributed by atoms with van der Waals surface area (Å²) in [5.41, 5.74) is 10.9. The van der Waals surface area contributed by atoms with E-state index in [1.807, 2.05) is 0 Å². The van der Waals surface area contributed by atoms with Crippen LogP contribution >= 0.6 is 21.6 Å². The van der Waals surface area contributed by atoms with E-state index in [9.17, 15) is 67.7 Å². The van der Waals surface area contributed by atoms with Crippen molar-refractivity contribution in [1.29, 1.82) is 0 Å². The lowest BCUT2D eigenvalue weighted by Crippen LogP contribution is -2.64. The molecule has 31 heteroatoms. The summed E-state index contributed by atoms with van der Waals surface area (Å²) in [5.74, 6) is -13.4. The Morgan fingerprint density at radius 2 is 1.44 bits per heavy atom. The molecule has 3 aliphatic heterocycles. The van der Waals surface area contributed by atoms with E-state index in [1.165, 1.54) is 13.8 Å². The van der Waals surface area contributed by atoms with Crippen molar-refractivity contribution in [3.63, 3.8) is 0 Å². The average molecular weight is 1060 g/mol. The predicted octanol–water partition coefficient (Wildman–Crippen LogP) is -4.51. The van der Waals surface area contributed by atoms with E-state index < -0.39 is 163 Å². The maximum atomic E-state index is 14.9. The highest BCUT2D eigenvalue weighted by Crippen LogP contribution is 2.31. The van der Waals surface area contributed by atoms with Crippen LogP contribution in [0.5, 0.6) is 0 Å². The molecule has 0 radical (unpaired) electrons. The summed E-state index contributed by atoms with van der Waals surface area (Å²) < 4.78 is 28.6. The molecule has 402 valence electrons. The summed E-state index contributed by atoms with van der Waals surface area (Å²) in [4.78, 5) is 162. The number of ether oxygens (including phenoxy) is 5. The first-order valence-corrected chi connectivity index (χ1v) is 24.9. The lowest BCUT2D eigenvalue weighted by molar-refractivity contribution is -0.310. The van der Waals surface area contributed by atoms with E-state index in [-0.39, 0.29) is 50.5 Å². The summed E-state index contributed by atoms with van der Waals surface area (Å²) >= 11 is 0. The molecule has 12 atom stereocenters. The van der Waals surface area contributed by atoms with Gasteiger partial charge in [0.15, 0.2) is 30.6 Å². The summed E-state index contributed by atoms with van der Waals surface area (Å²) in [6.07, 6.45) is -9.63. The normalized spacial score (nSPS) is 28.7. The van der Waals surface area contributed by atoms with E-state index in [1.54, 1.807) is 0 Å². The van der Waals surface area contributed by atoms with Crippen molar-refractivity contribution in [2.45, 2.75) is 147 Å². The number of guanidine groups is 1. The van der Waals surface area contributed by atoms with Crippen LogP contribution in [0.1, 0.15) is 73.6 Å². The lowest BCUT2D eigenvalue weighted by atomic mass is 9.98. The number of nitrogens with one attached hydrogen (secondary N) is 6. The van der Waals surface area contributed by atoms with Crippen LogP contribution in [-0.4, -0.2) is 196 Å². The Morgan fingerprint density at radius 1 is 0.819 bits per heavy atom. The fourth-order valence-electron chi connectivity index (χ4n) is 7.55. The number of aliphatic carboxylic acids is 2. The summed E-state index contributed by atoms with van der Waals surface area (Å²) in [5, 5.41) is 33.6. The monoisotopic (exact) mass is 1060 g/mol. The number of fused-ring (bicyclic) bond motifs is 1. The molecule has 0 saturated carbocycles.